The van der Waals surface area contributed by atoms with E-state index in [0.29, 0.717) is 17.6 Å². The van der Waals surface area contributed by atoms with Crippen molar-refractivity contribution >= 4 is 11.6 Å². The molecule has 2 nitrogen and oxygen atoms in total. The zero-order chi connectivity index (χ0) is 13.1. The quantitative estimate of drug-likeness (QED) is 0.875. The fourth-order valence-electron chi connectivity index (χ4n) is 2.62. The molecule has 0 atom stereocenters. The topological polar surface area (TPSA) is 32.3 Å². The van der Waals surface area contributed by atoms with Crippen molar-refractivity contribution in [2.45, 2.75) is 39.0 Å². The number of halogens is 1. The molecule has 1 fully saturated rings. The zero-order valence-electron chi connectivity index (χ0n) is 11.2. The molecule has 1 aromatic rings. The highest BCUT2D eigenvalue weighted by molar-refractivity contribution is 6.31. The van der Waals surface area contributed by atoms with E-state index in [1.807, 2.05) is 12.1 Å². The first kappa shape index (κ1) is 13.7. The van der Waals surface area contributed by atoms with Crippen LogP contribution in [-0.4, -0.2) is 18.2 Å². The first-order valence-corrected chi connectivity index (χ1v) is 7.17. The van der Waals surface area contributed by atoms with Crippen LogP contribution < -0.4 is 5.32 Å². The maximum Gasteiger partial charge on any atom is 0.119 e. The number of hydrogen-bond donors (Lipinski definition) is 2. The van der Waals surface area contributed by atoms with Crippen LogP contribution in [0.3, 0.4) is 0 Å². The standard InChI is InChI=1S/C15H22ClNO/c1-10(2)13-9-15(18)12(8-14(13)16)7-11-3-5-17-6-4-11/h8-11,17-18H,3-7H2,1-2H3. The summed E-state index contributed by atoms with van der Waals surface area (Å²) in [6.45, 7) is 6.35. The summed E-state index contributed by atoms with van der Waals surface area (Å²) in [5.74, 6) is 1.41. The van der Waals surface area contributed by atoms with Crippen molar-refractivity contribution in [2.75, 3.05) is 13.1 Å². The van der Waals surface area contributed by atoms with Crippen molar-refractivity contribution in [1.29, 1.82) is 0 Å². The fourth-order valence-corrected chi connectivity index (χ4v) is 3.03. The summed E-state index contributed by atoms with van der Waals surface area (Å²) in [4.78, 5) is 0. The molecule has 0 saturated carbocycles. The van der Waals surface area contributed by atoms with Gasteiger partial charge in [-0.2, -0.15) is 0 Å². The van der Waals surface area contributed by atoms with E-state index in [2.05, 4.69) is 19.2 Å². The summed E-state index contributed by atoms with van der Waals surface area (Å²) in [7, 11) is 0. The number of nitrogens with one attached hydrogen (secondary N) is 1. The molecule has 0 aliphatic carbocycles. The van der Waals surface area contributed by atoms with Crippen LogP contribution in [0.1, 0.15) is 43.7 Å². The van der Waals surface area contributed by atoms with Gasteiger partial charge in [0.25, 0.3) is 0 Å². The predicted molar refractivity (Wildman–Crippen MR) is 76.5 cm³/mol. The second-order valence-corrected chi connectivity index (χ2v) is 5.96. The van der Waals surface area contributed by atoms with Crippen molar-refractivity contribution < 1.29 is 5.11 Å². The summed E-state index contributed by atoms with van der Waals surface area (Å²) < 4.78 is 0. The average molecular weight is 268 g/mol. The minimum atomic E-state index is 0.344. The number of rotatable bonds is 3. The largest absolute Gasteiger partial charge is 0.508 e. The Morgan fingerprint density at radius 3 is 2.61 bits per heavy atom. The summed E-state index contributed by atoms with van der Waals surface area (Å²) in [5.41, 5.74) is 2.03. The van der Waals surface area contributed by atoms with Gasteiger partial charge in [-0.05, 0) is 67.4 Å². The average Bonchev–Trinajstić information content (AvgIpc) is 2.34. The molecular weight excluding hydrogens is 246 g/mol. The van der Waals surface area contributed by atoms with Crippen molar-refractivity contribution in [3.8, 4) is 5.75 Å². The van der Waals surface area contributed by atoms with E-state index >= 15 is 0 Å². The van der Waals surface area contributed by atoms with Crippen LogP contribution in [0.4, 0.5) is 0 Å². The summed E-state index contributed by atoms with van der Waals surface area (Å²) in [6.07, 6.45) is 3.30. The van der Waals surface area contributed by atoms with Gasteiger partial charge in [0.2, 0.25) is 0 Å². The first-order chi connectivity index (χ1) is 8.58. The van der Waals surface area contributed by atoms with Gasteiger partial charge in [0, 0.05) is 5.02 Å². The second kappa shape index (κ2) is 5.94. The molecule has 0 bridgehead atoms. The van der Waals surface area contributed by atoms with Crippen LogP contribution in [0.2, 0.25) is 5.02 Å². The molecule has 1 saturated heterocycles. The zero-order valence-corrected chi connectivity index (χ0v) is 11.9. The molecule has 1 aliphatic rings. The van der Waals surface area contributed by atoms with Crippen LogP contribution in [0, 0.1) is 5.92 Å². The molecule has 1 aromatic carbocycles. The lowest BCUT2D eigenvalue weighted by Crippen LogP contribution is -2.28. The molecular formula is C15H22ClNO. The van der Waals surface area contributed by atoms with E-state index < -0.39 is 0 Å². The summed E-state index contributed by atoms with van der Waals surface area (Å²) in [5, 5.41) is 14.3. The number of phenols is 1. The van der Waals surface area contributed by atoms with Crippen LogP contribution >= 0.6 is 11.6 Å². The van der Waals surface area contributed by atoms with Crippen LogP contribution in [-0.2, 0) is 6.42 Å². The highest BCUT2D eigenvalue weighted by Gasteiger charge is 2.17. The van der Waals surface area contributed by atoms with Crippen molar-refractivity contribution in [3.05, 3.63) is 28.3 Å². The molecule has 1 heterocycles. The fraction of sp³-hybridized carbons (Fsp3) is 0.600. The maximum atomic E-state index is 10.1. The Kier molecular flexibility index (Phi) is 4.52. The van der Waals surface area contributed by atoms with E-state index in [1.165, 1.54) is 12.8 Å². The van der Waals surface area contributed by atoms with Gasteiger partial charge in [-0.15, -0.1) is 0 Å². The van der Waals surface area contributed by atoms with Crippen molar-refractivity contribution in [2.24, 2.45) is 5.92 Å². The van der Waals surface area contributed by atoms with Gasteiger partial charge in [0.1, 0.15) is 5.75 Å². The molecule has 2 rings (SSSR count). The van der Waals surface area contributed by atoms with Gasteiger partial charge in [0.05, 0.1) is 0 Å². The third-order valence-corrected chi connectivity index (χ3v) is 4.11. The van der Waals surface area contributed by atoms with Crippen molar-refractivity contribution in [3.63, 3.8) is 0 Å². The molecule has 100 valence electrons. The van der Waals surface area contributed by atoms with E-state index in [4.69, 9.17) is 11.6 Å². The van der Waals surface area contributed by atoms with E-state index in [9.17, 15) is 5.11 Å². The third kappa shape index (κ3) is 3.18. The summed E-state index contributed by atoms with van der Waals surface area (Å²) >= 11 is 6.29. The molecule has 0 unspecified atom stereocenters. The number of benzene rings is 1. The molecule has 0 spiro atoms. The molecule has 3 heteroatoms. The van der Waals surface area contributed by atoms with Gasteiger partial charge >= 0.3 is 0 Å². The number of piperidine rings is 1. The molecule has 0 aromatic heterocycles. The van der Waals surface area contributed by atoms with E-state index in [1.54, 1.807) is 0 Å². The Hall–Kier alpha value is -0.730. The minimum absolute atomic E-state index is 0.344. The predicted octanol–water partition coefficient (Wildman–Crippen LogP) is 3.71. The molecule has 0 amide bonds. The second-order valence-electron chi connectivity index (χ2n) is 5.55. The molecule has 18 heavy (non-hydrogen) atoms. The molecule has 1 aliphatic heterocycles. The Morgan fingerprint density at radius 1 is 1.33 bits per heavy atom. The van der Waals surface area contributed by atoms with E-state index in [0.717, 1.165) is 35.7 Å². The smallest absolute Gasteiger partial charge is 0.119 e. The molecule has 2 N–H and O–H groups in total. The lowest BCUT2D eigenvalue weighted by molar-refractivity contribution is 0.366. The van der Waals surface area contributed by atoms with Crippen LogP contribution in [0.25, 0.3) is 0 Å². The highest BCUT2D eigenvalue weighted by atomic mass is 35.5. The normalized spacial score (nSPS) is 17.3. The minimum Gasteiger partial charge on any atom is -0.508 e. The Labute approximate surface area is 114 Å². The Balaban J connectivity index is 2.15. The number of aromatic hydroxyl groups is 1. The third-order valence-electron chi connectivity index (χ3n) is 3.79. The summed E-state index contributed by atoms with van der Waals surface area (Å²) in [6, 6.07) is 3.79. The Morgan fingerprint density at radius 2 is 2.00 bits per heavy atom. The first-order valence-electron chi connectivity index (χ1n) is 6.80. The monoisotopic (exact) mass is 267 g/mol. The van der Waals surface area contributed by atoms with Gasteiger partial charge in [-0.1, -0.05) is 25.4 Å². The molecule has 0 radical (unpaired) electrons. The van der Waals surface area contributed by atoms with E-state index in [-0.39, 0.29) is 0 Å². The van der Waals surface area contributed by atoms with Crippen LogP contribution in [0.5, 0.6) is 5.75 Å². The Bertz CT molecular complexity index is 411. The number of phenolic OH excluding ortho intramolecular Hbond substituents is 1. The highest BCUT2D eigenvalue weighted by Crippen LogP contribution is 2.33. The van der Waals surface area contributed by atoms with Gasteiger partial charge in [-0.3, -0.25) is 0 Å². The van der Waals surface area contributed by atoms with Gasteiger partial charge < -0.3 is 10.4 Å². The van der Waals surface area contributed by atoms with Crippen LogP contribution in [0.15, 0.2) is 12.1 Å². The number of hydrogen-bond acceptors (Lipinski definition) is 2. The van der Waals surface area contributed by atoms with Gasteiger partial charge in [0.15, 0.2) is 0 Å². The van der Waals surface area contributed by atoms with Crippen molar-refractivity contribution in [1.82, 2.24) is 5.32 Å². The SMILES string of the molecule is CC(C)c1cc(O)c(CC2CCNCC2)cc1Cl. The lowest BCUT2D eigenvalue weighted by atomic mass is 9.89. The van der Waals surface area contributed by atoms with Gasteiger partial charge in [-0.25, -0.2) is 0 Å². The lowest BCUT2D eigenvalue weighted by Gasteiger charge is -2.23. The maximum absolute atomic E-state index is 10.1.